The highest BCUT2D eigenvalue weighted by Crippen LogP contribution is 2.28. The summed E-state index contributed by atoms with van der Waals surface area (Å²) < 4.78 is 0. The molecule has 1 N–H and O–H groups in total. The maximum Gasteiger partial charge on any atom is 0.293 e. The van der Waals surface area contributed by atoms with E-state index in [0.717, 1.165) is 47.6 Å². The summed E-state index contributed by atoms with van der Waals surface area (Å²) in [5, 5.41) is 2.96. The molecule has 4 rings (SSSR count). The Hall–Kier alpha value is -3.05. The number of likely N-dealkylation sites (tertiary alicyclic amines) is 1. The van der Waals surface area contributed by atoms with Gasteiger partial charge in [-0.05, 0) is 55.6 Å². The number of amides is 1. The normalized spacial score (nSPS) is 14.5. The zero-order valence-electron chi connectivity index (χ0n) is 16.8. The molecule has 1 saturated heterocycles. The maximum atomic E-state index is 12.7. The van der Waals surface area contributed by atoms with Crippen molar-refractivity contribution in [1.29, 1.82) is 0 Å². The number of benzene rings is 2. The van der Waals surface area contributed by atoms with Crippen molar-refractivity contribution in [1.82, 2.24) is 14.9 Å². The van der Waals surface area contributed by atoms with Gasteiger partial charge in [0.05, 0.1) is 0 Å². The van der Waals surface area contributed by atoms with Crippen molar-refractivity contribution >= 4 is 11.6 Å². The molecule has 1 aliphatic heterocycles. The fourth-order valence-corrected chi connectivity index (χ4v) is 3.81. The zero-order valence-corrected chi connectivity index (χ0v) is 16.8. The molecule has 0 unspecified atom stereocenters. The minimum Gasteiger partial charge on any atom is -0.319 e. The van der Waals surface area contributed by atoms with E-state index in [4.69, 9.17) is 0 Å². The zero-order chi connectivity index (χ0) is 20.1. The van der Waals surface area contributed by atoms with Crippen LogP contribution in [0.15, 0.2) is 60.9 Å². The number of carbonyl (C=O) groups excluding carboxylic acids is 1. The average Bonchev–Trinajstić information content (AvgIpc) is 2.77. The van der Waals surface area contributed by atoms with E-state index in [2.05, 4.69) is 38.4 Å². The number of carbonyl (C=O) groups is 1. The van der Waals surface area contributed by atoms with Crippen LogP contribution in [0.2, 0.25) is 0 Å². The van der Waals surface area contributed by atoms with E-state index >= 15 is 0 Å². The Morgan fingerprint density at radius 3 is 2.41 bits per heavy atom. The quantitative estimate of drug-likeness (QED) is 0.691. The lowest BCUT2D eigenvalue weighted by molar-refractivity contribution is 0.101. The van der Waals surface area contributed by atoms with Crippen LogP contribution < -0.4 is 5.32 Å². The summed E-state index contributed by atoms with van der Waals surface area (Å²) in [7, 11) is 0. The van der Waals surface area contributed by atoms with Gasteiger partial charge in [-0.2, -0.15) is 0 Å². The predicted molar refractivity (Wildman–Crippen MR) is 116 cm³/mol. The second-order valence-corrected chi connectivity index (χ2v) is 7.55. The number of hydrogen-bond donors (Lipinski definition) is 1. The van der Waals surface area contributed by atoms with Crippen LogP contribution in [0.1, 0.15) is 41.0 Å². The van der Waals surface area contributed by atoms with E-state index in [1.807, 2.05) is 37.3 Å². The van der Waals surface area contributed by atoms with Gasteiger partial charge in [-0.15, -0.1) is 0 Å². The number of aromatic nitrogens is 2. The van der Waals surface area contributed by atoms with Gasteiger partial charge in [0.2, 0.25) is 5.82 Å². The topological polar surface area (TPSA) is 58.1 Å². The molecule has 5 heteroatoms. The molecule has 1 amide bonds. The van der Waals surface area contributed by atoms with E-state index in [-0.39, 0.29) is 11.7 Å². The van der Waals surface area contributed by atoms with Crippen molar-refractivity contribution in [3.05, 3.63) is 77.9 Å². The second kappa shape index (κ2) is 8.97. The highest BCUT2D eigenvalue weighted by molar-refractivity contribution is 6.02. The van der Waals surface area contributed by atoms with Crippen LogP contribution in [-0.2, 0) is 6.54 Å². The van der Waals surface area contributed by atoms with Crippen molar-refractivity contribution in [3.8, 4) is 11.1 Å². The highest BCUT2D eigenvalue weighted by Gasteiger charge is 2.14. The third kappa shape index (κ3) is 4.69. The van der Waals surface area contributed by atoms with Gasteiger partial charge in [0.1, 0.15) is 0 Å². The maximum absolute atomic E-state index is 12.7. The van der Waals surface area contributed by atoms with Crippen molar-refractivity contribution < 1.29 is 4.79 Å². The van der Waals surface area contributed by atoms with Gasteiger partial charge in [-0.1, -0.05) is 48.9 Å². The summed E-state index contributed by atoms with van der Waals surface area (Å²) in [6.45, 7) is 5.11. The fraction of sp³-hybridized carbons (Fsp3) is 0.292. The standard InChI is InChI=1S/C24H26N4O/c1-18-21(20-9-4-2-5-10-20)11-8-12-22(18)27-24(29)23-25-15-19(16-26-23)17-28-13-6-3-7-14-28/h2,4-5,8-12,15-16H,3,6-7,13-14,17H2,1H3,(H,27,29). The van der Waals surface area contributed by atoms with Gasteiger partial charge in [0.25, 0.3) is 5.91 Å². The summed E-state index contributed by atoms with van der Waals surface area (Å²) in [5.41, 5.74) is 5.07. The van der Waals surface area contributed by atoms with E-state index in [9.17, 15) is 4.79 Å². The van der Waals surface area contributed by atoms with E-state index in [1.54, 1.807) is 12.4 Å². The molecule has 29 heavy (non-hydrogen) atoms. The molecule has 2 heterocycles. The number of rotatable bonds is 5. The molecular weight excluding hydrogens is 360 g/mol. The van der Waals surface area contributed by atoms with Crippen molar-refractivity contribution in [2.45, 2.75) is 32.7 Å². The summed E-state index contributed by atoms with van der Waals surface area (Å²) in [6.07, 6.45) is 7.36. The lowest BCUT2D eigenvalue weighted by Gasteiger charge is -2.26. The Balaban J connectivity index is 1.45. The van der Waals surface area contributed by atoms with Crippen LogP contribution >= 0.6 is 0 Å². The molecule has 3 aromatic rings. The molecule has 0 radical (unpaired) electrons. The average molecular weight is 386 g/mol. The molecule has 0 spiro atoms. The lowest BCUT2D eigenvalue weighted by atomic mass is 9.99. The SMILES string of the molecule is Cc1c(NC(=O)c2ncc(CN3CCCCC3)cn2)cccc1-c1ccccc1. The van der Waals surface area contributed by atoms with Gasteiger partial charge in [-0.3, -0.25) is 9.69 Å². The van der Waals surface area contributed by atoms with E-state index in [0.29, 0.717) is 0 Å². The lowest BCUT2D eigenvalue weighted by Crippen LogP contribution is -2.29. The summed E-state index contributed by atoms with van der Waals surface area (Å²) in [4.78, 5) is 23.7. The van der Waals surface area contributed by atoms with E-state index in [1.165, 1.54) is 19.3 Å². The molecule has 1 aromatic heterocycles. The third-order valence-electron chi connectivity index (χ3n) is 5.43. The minimum atomic E-state index is -0.289. The Bertz CT molecular complexity index is 964. The van der Waals surface area contributed by atoms with Crippen LogP contribution in [0.3, 0.4) is 0 Å². The molecule has 0 atom stereocenters. The first-order valence-electron chi connectivity index (χ1n) is 10.2. The van der Waals surface area contributed by atoms with Crippen LogP contribution in [0, 0.1) is 6.92 Å². The van der Waals surface area contributed by atoms with Crippen LogP contribution in [-0.4, -0.2) is 33.9 Å². The molecule has 1 fully saturated rings. The fourth-order valence-electron chi connectivity index (χ4n) is 3.81. The third-order valence-corrected chi connectivity index (χ3v) is 5.43. The van der Waals surface area contributed by atoms with Gasteiger partial charge in [0, 0.05) is 30.2 Å². The molecule has 0 bridgehead atoms. The van der Waals surface area contributed by atoms with Crippen LogP contribution in [0.25, 0.3) is 11.1 Å². The van der Waals surface area contributed by atoms with Crippen LogP contribution in [0.5, 0.6) is 0 Å². The monoisotopic (exact) mass is 386 g/mol. The number of anilines is 1. The summed E-state index contributed by atoms with van der Waals surface area (Å²) in [5.74, 6) is -0.0975. The van der Waals surface area contributed by atoms with Gasteiger partial charge < -0.3 is 5.32 Å². The minimum absolute atomic E-state index is 0.192. The molecule has 0 saturated carbocycles. The summed E-state index contributed by atoms with van der Waals surface area (Å²) in [6, 6.07) is 16.1. The van der Waals surface area contributed by atoms with Gasteiger partial charge in [-0.25, -0.2) is 9.97 Å². The smallest absolute Gasteiger partial charge is 0.293 e. The van der Waals surface area contributed by atoms with Crippen molar-refractivity contribution in [3.63, 3.8) is 0 Å². The van der Waals surface area contributed by atoms with Crippen molar-refractivity contribution in [2.75, 3.05) is 18.4 Å². The number of nitrogens with zero attached hydrogens (tertiary/aromatic N) is 3. The predicted octanol–water partition coefficient (Wildman–Crippen LogP) is 4.69. The Morgan fingerprint density at radius 1 is 0.966 bits per heavy atom. The second-order valence-electron chi connectivity index (χ2n) is 7.55. The molecule has 2 aromatic carbocycles. The number of hydrogen-bond acceptors (Lipinski definition) is 4. The number of piperidine rings is 1. The molecule has 1 aliphatic rings. The van der Waals surface area contributed by atoms with Crippen LogP contribution in [0.4, 0.5) is 5.69 Å². The Morgan fingerprint density at radius 2 is 1.69 bits per heavy atom. The largest absolute Gasteiger partial charge is 0.319 e. The first kappa shape index (κ1) is 19.3. The molecule has 148 valence electrons. The van der Waals surface area contributed by atoms with Gasteiger partial charge in [0.15, 0.2) is 0 Å². The van der Waals surface area contributed by atoms with Gasteiger partial charge >= 0.3 is 0 Å². The first-order valence-corrected chi connectivity index (χ1v) is 10.2. The van der Waals surface area contributed by atoms with Crippen molar-refractivity contribution in [2.24, 2.45) is 0 Å². The first-order chi connectivity index (χ1) is 14.2. The Kier molecular flexibility index (Phi) is 5.96. The molecule has 0 aliphatic carbocycles. The molecular formula is C24H26N4O. The summed E-state index contributed by atoms with van der Waals surface area (Å²) >= 11 is 0. The highest BCUT2D eigenvalue weighted by atomic mass is 16.2. The Labute approximate surface area is 171 Å². The molecule has 5 nitrogen and oxygen atoms in total. The van der Waals surface area contributed by atoms with E-state index < -0.39 is 0 Å². The number of nitrogens with one attached hydrogen (secondary N) is 1.